The second-order valence-electron chi connectivity index (χ2n) is 7.06. The van der Waals surface area contributed by atoms with Gasteiger partial charge >= 0.3 is 0 Å². The number of hydrogen-bond donors (Lipinski definition) is 1. The number of nitro benzene ring substituents is 1. The van der Waals surface area contributed by atoms with Crippen molar-refractivity contribution < 1.29 is 14.5 Å². The first-order valence-electron chi connectivity index (χ1n) is 9.64. The molecule has 0 aliphatic rings. The van der Waals surface area contributed by atoms with Gasteiger partial charge in [-0.2, -0.15) is 0 Å². The molecule has 168 valence electrons. The molecule has 2 atom stereocenters. The topological polar surface area (TPSA) is 116 Å². The highest BCUT2D eigenvalue weighted by Crippen LogP contribution is 2.29. The smallest absolute Gasteiger partial charge is 0.271 e. The standard InChI is InChI=1S/C21H21ClN4O5S/c1-12(11-31-3)25-20(28)15-6-4-5-7-17(15)24-21(25)32-13(2)19(27)23-18-10-14(26(29)30)8-9-16(18)22/h4-10,12-13H,11H2,1-3H3,(H,23,27)/t12-,13+/m0/s1. The number of para-hydroxylation sites is 1. The number of nitrogens with one attached hydrogen (secondary N) is 1. The number of nitrogens with zero attached hydrogens (tertiary/aromatic N) is 3. The van der Waals surface area contributed by atoms with Gasteiger partial charge in [0, 0.05) is 19.2 Å². The number of carbonyl (C=O) groups excluding carboxylic acids is 1. The molecule has 0 spiro atoms. The number of nitro groups is 1. The summed E-state index contributed by atoms with van der Waals surface area (Å²) >= 11 is 7.19. The van der Waals surface area contributed by atoms with Gasteiger partial charge in [-0.15, -0.1) is 0 Å². The average molecular weight is 477 g/mol. The number of amides is 1. The second kappa shape index (κ2) is 10.1. The molecule has 0 saturated heterocycles. The van der Waals surface area contributed by atoms with Crippen LogP contribution in [0.25, 0.3) is 10.9 Å². The number of fused-ring (bicyclic) bond motifs is 1. The Kier molecular flexibility index (Phi) is 7.49. The van der Waals surface area contributed by atoms with Crippen molar-refractivity contribution >= 4 is 51.5 Å². The largest absolute Gasteiger partial charge is 0.383 e. The highest BCUT2D eigenvalue weighted by atomic mass is 35.5. The Morgan fingerprint density at radius 3 is 2.72 bits per heavy atom. The van der Waals surface area contributed by atoms with Crippen molar-refractivity contribution in [3.05, 3.63) is 68.0 Å². The zero-order valence-electron chi connectivity index (χ0n) is 17.6. The molecule has 32 heavy (non-hydrogen) atoms. The Morgan fingerprint density at radius 1 is 1.31 bits per heavy atom. The molecule has 0 aliphatic heterocycles. The van der Waals surface area contributed by atoms with Crippen LogP contribution in [0.4, 0.5) is 11.4 Å². The molecule has 3 aromatic rings. The van der Waals surface area contributed by atoms with Crippen LogP contribution in [0.5, 0.6) is 0 Å². The molecule has 0 fully saturated rings. The van der Waals surface area contributed by atoms with Crippen molar-refractivity contribution in [2.45, 2.75) is 30.3 Å². The predicted octanol–water partition coefficient (Wildman–Crippen LogP) is 4.28. The number of aromatic nitrogens is 2. The number of thioether (sulfide) groups is 1. The van der Waals surface area contributed by atoms with Gasteiger partial charge in [0.2, 0.25) is 5.91 Å². The van der Waals surface area contributed by atoms with Crippen LogP contribution >= 0.6 is 23.4 Å². The summed E-state index contributed by atoms with van der Waals surface area (Å²) in [6.07, 6.45) is 0. The van der Waals surface area contributed by atoms with Gasteiger partial charge in [-0.1, -0.05) is 35.5 Å². The summed E-state index contributed by atoms with van der Waals surface area (Å²) < 4.78 is 6.72. The first-order valence-corrected chi connectivity index (χ1v) is 10.9. The van der Waals surface area contributed by atoms with E-state index in [0.29, 0.717) is 16.1 Å². The number of benzene rings is 2. The van der Waals surface area contributed by atoms with Crippen LogP contribution in [0, 0.1) is 10.1 Å². The fourth-order valence-electron chi connectivity index (χ4n) is 3.08. The number of ether oxygens (including phenoxy) is 1. The van der Waals surface area contributed by atoms with Crippen LogP contribution < -0.4 is 10.9 Å². The molecular formula is C21H21ClN4O5S. The Balaban J connectivity index is 1.92. The molecule has 1 N–H and O–H groups in total. The summed E-state index contributed by atoms with van der Waals surface area (Å²) in [6, 6.07) is 10.5. The van der Waals surface area contributed by atoms with Crippen molar-refractivity contribution in [3.63, 3.8) is 0 Å². The number of rotatable bonds is 8. The first kappa shape index (κ1) is 23.7. The van der Waals surface area contributed by atoms with E-state index in [1.54, 1.807) is 38.3 Å². The number of hydrogen-bond acceptors (Lipinski definition) is 7. The SMILES string of the molecule is COC[C@H](C)n1c(S[C@H](C)C(=O)Nc2cc([N+](=O)[O-])ccc2Cl)nc2ccccc2c1=O. The number of halogens is 1. The van der Waals surface area contributed by atoms with Crippen molar-refractivity contribution in [2.24, 2.45) is 0 Å². The number of anilines is 1. The van der Waals surface area contributed by atoms with Crippen LogP contribution in [0.2, 0.25) is 5.02 Å². The van der Waals surface area contributed by atoms with Gasteiger partial charge in [-0.3, -0.25) is 24.3 Å². The molecule has 0 radical (unpaired) electrons. The maximum Gasteiger partial charge on any atom is 0.271 e. The van der Waals surface area contributed by atoms with E-state index >= 15 is 0 Å². The van der Waals surface area contributed by atoms with Gasteiger partial charge in [0.15, 0.2) is 5.16 Å². The van der Waals surface area contributed by atoms with Gasteiger partial charge in [0.1, 0.15) is 0 Å². The lowest BCUT2D eigenvalue weighted by atomic mass is 10.2. The van der Waals surface area contributed by atoms with E-state index in [1.165, 1.54) is 22.8 Å². The first-order chi connectivity index (χ1) is 15.2. The van der Waals surface area contributed by atoms with Crippen molar-refractivity contribution in [3.8, 4) is 0 Å². The maximum absolute atomic E-state index is 13.1. The molecule has 11 heteroatoms. The monoisotopic (exact) mass is 476 g/mol. The molecule has 1 amide bonds. The zero-order valence-corrected chi connectivity index (χ0v) is 19.1. The molecule has 0 aliphatic carbocycles. The predicted molar refractivity (Wildman–Crippen MR) is 125 cm³/mol. The van der Waals surface area contributed by atoms with E-state index in [4.69, 9.17) is 16.3 Å². The summed E-state index contributed by atoms with van der Waals surface area (Å²) in [6.45, 7) is 3.77. The fraction of sp³-hybridized carbons (Fsp3) is 0.286. The van der Waals surface area contributed by atoms with E-state index in [-0.39, 0.29) is 34.6 Å². The zero-order chi connectivity index (χ0) is 23.4. The lowest BCUT2D eigenvalue weighted by molar-refractivity contribution is -0.384. The fourth-order valence-corrected chi connectivity index (χ4v) is 4.26. The summed E-state index contributed by atoms with van der Waals surface area (Å²) in [5.41, 5.74) is 0.241. The van der Waals surface area contributed by atoms with Gasteiger partial charge in [0.25, 0.3) is 11.2 Å². The summed E-state index contributed by atoms with van der Waals surface area (Å²) in [5.74, 6) is -0.439. The van der Waals surface area contributed by atoms with Crippen LogP contribution in [-0.2, 0) is 9.53 Å². The normalized spacial score (nSPS) is 13.0. The Bertz CT molecular complexity index is 1230. The van der Waals surface area contributed by atoms with Gasteiger partial charge in [0.05, 0.1) is 44.4 Å². The van der Waals surface area contributed by atoms with E-state index in [2.05, 4.69) is 10.3 Å². The third kappa shape index (κ3) is 5.09. The quantitative estimate of drug-likeness (QED) is 0.223. The average Bonchev–Trinajstić information content (AvgIpc) is 2.75. The van der Waals surface area contributed by atoms with E-state index in [0.717, 1.165) is 11.8 Å². The van der Waals surface area contributed by atoms with Crippen LogP contribution in [0.1, 0.15) is 19.9 Å². The van der Waals surface area contributed by atoms with E-state index in [9.17, 15) is 19.7 Å². The van der Waals surface area contributed by atoms with Crippen LogP contribution in [0.15, 0.2) is 52.4 Å². The molecular weight excluding hydrogens is 456 g/mol. The van der Waals surface area contributed by atoms with Gasteiger partial charge in [-0.05, 0) is 32.0 Å². The summed E-state index contributed by atoms with van der Waals surface area (Å²) in [4.78, 5) is 41.0. The highest BCUT2D eigenvalue weighted by molar-refractivity contribution is 8.00. The minimum atomic E-state index is -0.681. The van der Waals surface area contributed by atoms with Gasteiger partial charge in [-0.25, -0.2) is 4.98 Å². The molecule has 9 nitrogen and oxygen atoms in total. The third-order valence-electron chi connectivity index (χ3n) is 4.69. The Hall–Kier alpha value is -2.95. The molecule has 0 unspecified atom stereocenters. The Morgan fingerprint density at radius 2 is 2.03 bits per heavy atom. The molecule has 3 rings (SSSR count). The molecule has 2 aromatic carbocycles. The maximum atomic E-state index is 13.1. The number of non-ortho nitro benzene ring substituents is 1. The summed E-state index contributed by atoms with van der Waals surface area (Å²) in [7, 11) is 1.54. The van der Waals surface area contributed by atoms with Crippen molar-refractivity contribution in [1.82, 2.24) is 9.55 Å². The lowest BCUT2D eigenvalue weighted by Gasteiger charge is -2.20. The number of carbonyl (C=O) groups is 1. The van der Waals surface area contributed by atoms with Crippen molar-refractivity contribution in [1.29, 1.82) is 0 Å². The van der Waals surface area contributed by atoms with E-state index < -0.39 is 16.1 Å². The minimum Gasteiger partial charge on any atom is -0.383 e. The van der Waals surface area contributed by atoms with Crippen LogP contribution in [-0.4, -0.2) is 39.3 Å². The molecule has 0 bridgehead atoms. The Labute approximate surface area is 192 Å². The molecule has 1 aromatic heterocycles. The summed E-state index contributed by atoms with van der Waals surface area (Å²) in [5, 5.41) is 14.0. The van der Waals surface area contributed by atoms with Gasteiger partial charge < -0.3 is 10.1 Å². The second-order valence-corrected chi connectivity index (χ2v) is 8.78. The van der Waals surface area contributed by atoms with Crippen molar-refractivity contribution in [2.75, 3.05) is 19.0 Å². The molecule has 1 heterocycles. The third-order valence-corrected chi connectivity index (χ3v) is 6.09. The minimum absolute atomic E-state index is 0.134. The lowest BCUT2D eigenvalue weighted by Crippen LogP contribution is -2.30. The van der Waals surface area contributed by atoms with Crippen LogP contribution in [0.3, 0.4) is 0 Å². The van der Waals surface area contributed by atoms with E-state index in [1.807, 2.05) is 6.92 Å². The molecule has 0 saturated carbocycles. The highest BCUT2D eigenvalue weighted by Gasteiger charge is 2.23. The number of methoxy groups -OCH3 is 1.